The van der Waals surface area contributed by atoms with Crippen LogP contribution >= 0.6 is 11.8 Å². The number of nitrogens with zero attached hydrogens (tertiary/aromatic N) is 3. The largest absolute Gasteiger partial charge is 0.354 e. The normalized spacial score (nSPS) is 11.2. The van der Waals surface area contributed by atoms with Gasteiger partial charge in [-0.1, -0.05) is 18.2 Å². The first-order valence-electron chi connectivity index (χ1n) is 7.70. The smallest absolute Gasteiger partial charge is 0.291 e. The van der Waals surface area contributed by atoms with Crippen molar-refractivity contribution in [2.45, 2.75) is 23.9 Å². The SMILES string of the molecule is O=C(Cn1c(SC(F)F)nc2ccccc21)NCCc1ccccn1. The summed E-state index contributed by atoms with van der Waals surface area (Å²) in [6, 6.07) is 12.7. The third-order valence-electron chi connectivity index (χ3n) is 3.55. The molecule has 0 saturated carbocycles. The number of alkyl halides is 2. The fraction of sp³-hybridized carbons (Fsp3) is 0.235. The van der Waals surface area contributed by atoms with Gasteiger partial charge in [-0.2, -0.15) is 8.78 Å². The minimum atomic E-state index is -2.59. The standard InChI is InChI=1S/C17H16F2N4OS/c18-16(19)25-17-22-13-6-1-2-7-14(13)23(17)11-15(24)21-10-8-12-5-3-4-9-20-12/h1-7,9,16H,8,10-11H2,(H,21,24). The van der Waals surface area contributed by atoms with Gasteiger partial charge in [0.15, 0.2) is 5.16 Å². The fourth-order valence-corrected chi connectivity index (χ4v) is 3.05. The van der Waals surface area contributed by atoms with E-state index in [1.807, 2.05) is 18.2 Å². The molecule has 0 aliphatic heterocycles. The summed E-state index contributed by atoms with van der Waals surface area (Å²) in [6.45, 7) is 0.373. The van der Waals surface area contributed by atoms with Gasteiger partial charge in [0, 0.05) is 24.9 Å². The molecule has 1 amide bonds. The summed E-state index contributed by atoms with van der Waals surface area (Å²) in [4.78, 5) is 20.6. The maximum atomic E-state index is 12.8. The lowest BCUT2D eigenvalue weighted by atomic mass is 10.3. The molecule has 0 atom stereocenters. The maximum Gasteiger partial charge on any atom is 0.291 e. The maximum absolute atomic E-state index is 12.8. The van der Waals surface area contributed by atoms with Gasteiger partial charge in [-0.05, 0) is 36.0 Å². The van der Waals surface area contributed by atoms with E-state index in [4.69, 9.17) is 0 Å². The average Bonchev–Trinajstić information content (AvgIpc) is 2.92. The predicted octanol–water partition coefficient (Wildman–Crippen LogP) is 3.10. The quantitative estimate of drug-likeness (QED) is 0.656. The molecule has 0 aliphatic carbocycles. The Labute approximate surface area is 147 Å². The summed E-state index contributed by atoms with van der Waals surface area (Å²) in [5.41, 5.74) is 2.13. The predicted molar refractivity (Wildman–Crippen MR) is 92.5 cm³/mol. The Morgan fingerprint density at radius 3 is 2.76 bits per heavy atom. The molecule has 0 bridgehead atoms. The zero-order chi connectivity index (χ0) is 17.6. The van der Waals surface area contributed by atoms with E-state index in [1.54, 1.807) is 30.5 Å². The fourth-order valence-electron chi connectivity index (χ4n) is 2.45. The average molecular weight is 362 g/mol. The lowest BCUT2D eigenvalue weighted by Crippen LogP contribution is -2.29. The Hall–Kier alpha value is -2.48. The Morgan fingerprint density at radius 2 is 2.00 bits per heavy atom. The van der Waals surface area contributed by atoms with Gasteiger partial charge in [-0.25, -0.2) is 4.98 Å². The van der Waals surface area contributed by atoms with E-state index in [1.165, 1.54) is 4.57 Å². The van der Waals surface area contributed by atoms with E-state index >= 15 is 0 Å². The number of imidazole rings is 1. The Balaban J connectivity index is 1.67. The number of benzene rings is 1. The van der Waals surface area contributed by atoms with Gasteiger partial charge in [0.2, 0.25) is 5.91 Å². The van der Waals surface area contributed by atoms with Crippen LogP contribution in [0.2, 0.25) is 0 Å². The molecule has 130 valence electrons. The highest BCUT2D eigenvalue weighted by molar-refractivity contribution is 7.99. The molecular formula is C17H16F2N4OS. The van der Waals surface area contributed by atoms with Crippen LogP contribution in [0.3, 0.4) is 0 Å². The molecule has 0 saturated heterocycles. The van der Waals surface area contributed by atoms with E-state index in [-0.39, 0.29) is 17.6 Å². The zero-order valence-corrected chi connectivity index (χ0v) is 14.0. The number of hydrogen-bond acceptors (Lipinski definition) is 4. The van der Waals surface area contributed by atoms with Crippen molar-refractivity contribution < 1.29 is 13.6 Å². The van der Waals surface area contributed by atoms with Crippen LogP contribution < -0.4 is 5.32 Å². The Bertz CT molecular complexity index is 854. The number of amides is 1. The first-order chi connectivity index (χ1) is 12.1. The molecule has 5 nitrogen and oxygen atoms in total. The van der Waals surface area contributed by atoms with Crippen molar-refractivity contribution in [1.82, 2.24) is 19.9 Å². The number of rotatable bonds is 7. The van der Waals surface area contributed by atoms with Crippen molar-refractivity contribution >= 4 is 28.7 Å². The van der Waals surface area contributed by atoms with Crippen molar-refractivity contribution in [3.63, 3.8) is 0 Å². The van der Waals surface area contributed by atoms with Crippen LogP contribution in [-0.4, -0.2) is 32.7 Å². The number of thioether (sulfide) groups is 1. The number of carbonyl (C=O) groups excluding carboxylic acids is 1. The summed E-state index contributed by atoms with van der Waals surface area (Å²) < 4.78 is 27.0. The van der Waals surface area contributed by atoms with E-state index in [0.29, 0.717) is 35.8 Å². The number of nitrogens with one attached hydrogen (secondary N) is 1. The lowest BCUT2D eigenvalue weighted by molar-refractivity contribution is -0.121. The van der Waals surface area contributed by atoms with E-state index < -0.39 is 5.76 Å². The molecule has 2 aromatic heterocycles. The number of para-hydroxylation sites is 2. The summed E-state index contributed by atoms with van der Waals surface area (Å²) in [6.07, 6.45) is 2.30. The van der Waals surface area contributed by atoms with Crippen molar-refractivity contribution in [2.24, 2.45) is 0 Å². The molecule has 0 radical (unpaired) electrons. The first-order valence-corrected chi connectivity index (χ1v) is 8.58. The molecule has 8 heteroatoms. The molecule has 2 heterocycles. The topological polar surface area (TPSA) is 59.8 Å². The number of carbonyl (C=O) groups is 1. The minimum absolute atomic E-state index is 0.0578. The number of fused-ring (bicyclic) bond motifs is 1. The lowest BCUT2D eigenvalue weighted by Gasteiger charge is -2.09. The monoisotopic (exact) mass is 362 g/mol. The number of halogens is 2. The van der Waals surface area contributed by atoms with Gasteiger partial charge < -0.3 is 9.88 Å². The number of hydrogen-bond donors (Lipinski definition) is 1. The minimum Gasteiger partial charge on any atom is -0.354 e. The first kappa shape index (κ1) is 17.3. The molecular weight excluding hydrogens is 346 g/mol. The highest BCUT2D eigenvalue weighted by Crippen LogP contribution is 2.28. The molecule has 25 heavy (non-hydrogen) atoms. The molecule has 0 aliphatic rings. The summed E-state index contributed by atoms with van der Waals surface area (Å²) >= 11 is 0.342. The third-order valence-corrected chi connectivity index (χ3v) is 4.25. The highest BCUT2D eigenvalue weighted by Gasteiger charge is 2.17. The van der Waals surface area contributed by atoms with E-state index in [2.05, 4.69) is 15.3 Å². The van der Waals surface area contributed by atoms with Gasteiger partial charge in [-0.3, -0.25) is 9.78 Å². The Morgan fingerprint density at radius 1 is 1.20 bits per heavy atom. The van der Waals surface area contributed by atoms with E-state index in [0.717, 1.165) is 5.69 Å². The van der Waals surface area contributed by atoms with Crippen LogP contribution in [0.4, 0.5) is 8.78 Å². The second-order valence-electron chi connectivity index (χ2n) is 5.27. The van der Waals surface area contributed by atoms with Gasteiger partial charge in [-0.15, -0.1) is 0 Å². The second-order valence-corrected chi connectivity index (χ2v) is 6.23. The number of pyridine rings is 1. The summed E-state index contributed by atoms with van der Waals surface area (Å²) in [5.74, 6) is -2.85. The highest BCUT2D eigenvalue weighted by atomic mass is 32.2. The van der Waals surface area contributed by atoms with E-state index in [9.17, 15) is 13.6 Å². The Kier molecular flexibility index (Phi) is 5.60. The van der Waals surface area contributed by atoms with Gasteiger partial charge >= 0.3 is 0 Å². The van der Waals surface area contributed by atoms with Gasteiger partial charge in [0.25, 0.3) is 5.76 Å². The molecule has 3 aromatic rings. The molecule has 0 spiro atoms. The van der Waals surface area contributed by atoms with Crippen LogP contribution in [0.15, 0.2) is 53.8 Å². The molecule has 1 N–H and O–H groups in total. The molecule has 3 rings (SSSR count). The molecule has 1 aromatic carbocycles. The molecule has 0 fully saturated rings. The van der Waals surface area contributed by atoms with Crippen LogP contribution in [0.5, 0.6) is 0 Å². The van der Waals surface area contributed by atoms with Crippen LogP contribution in [0, 0.1) is 0 Å². The second kappa shape index (κ2) is 8.06. The van der Waals surface area contributed by atoms with Crippen molar-refractivity contribution in [3.05, 3.63) is 54.4 Å². The number of aromatic nitrogens is 3. The van der Waals surface area contributed by atoms with Gasteiger partial charge in [0.05, 0.1) is 11.0 Å². The van der Waals surface area contributed by atoms with Crippen molar-refractivity contribution in [3.8, 4) is 0 Å². The van der Waals surface area contributed by atoms with Gasteiger partial charge in [0.1, 0.15) is 6.54 Å². The molecule has 0 unspecified atom stereocenters. The van der Waals surface area contributed by atoms with Crippen LogP contribution in [-0.2, 0) is 17.8 Å². The van der Waals surface area contributed by atoms with Crippen molar-refractivity contribution in [1.29, 1.82) is 0 Å². The van der Waals surface area contributed by atoms with Crippen molar-refractivity contribution in [2.75, 3.05) is 6.54 Å². The zero-order valence-electron chi connectivity index (χ0n) is 13.2. The van der Waals surface area contributed by atoms with Crippen LogP contribution in [0.1, 0.15) is 5.69 Å². The summed E-state index contributed by atoms with van der Waals surface area (Å²) in [7, 11) is 0. The third kappa shape index (κ3) is 4.54. The summed E-state index contributed by atoms with van der Waals surface area (Å²) in [5, 5.41) is 2.93. The van der Waals surface area contributed by atoms with Crippen LogP contribution in [0.25, 0.3) is 11.0 Å².